The minimum Gasteiger partial charge on any atom is -0.482 e. The van der Waals surface area contributed by atoms with E-state index in [0.29, 0.717) is 18.0 Å². The van der Waals surface area contributed by atoms with Crippen LogP contribution in [0, 0.1) is 13.8 Å². The van der Waals surface area contributed by atoms with Crippen molar-refractivity contribution in [2.45, 2.75) is 20.3 Å². The Morgan fingerprint density at radius 2 is 1.88 bits per heavy atom. The second-order valence-electron chi connectivity index (χ2n) is 5.98. The van der Waals surface area contributed by atoms with Crippen LogP contribution in [0.5, 0.6) is 5.75 Å². The molecule has 0 radical (unpaired) electrons. The van der Waals surface area contributed by atoms with Gasteiger partial charge in [-0.15, -0.1) is 0 Å². The predicted octanol–water partition coefficient (Wildman–Crippen LogP) is 3.06. The molecule has 0 aliphatic carbocycles. The van der Waals surface area contributed by atoms with Crippen molar-refractivity contribution < 1.29 is 14.3 Å². The molecule has 24 heavy (non-hydrogen) atoms. The molecule has 0 atom stereocenters. The minimum absolute atomic E-state index is 0.00963. The maximum atomic E-state index is 12.2. The van der Waals surface area contributed by atoms with Crippen LogP contribution in [0.25, 0.3) is 0 Å². The summed E-state index contributed by atoms with van der Waals surface area (Å²) < 4.78 is 5.40. The Balaban J connectivity index is 1.65. The van der Waals surface area contributed by atoms with Gasteiger partial charge in [0.1, 0.15) is 5.75 Å². The monoisotopic (exact) mass is 324 g/mol. The molecule has 1 heterocycles. The van der Waals surface area contributed by atoms with Gasteiger partial charge < -0.3 is 15.0 Å². The first-order chi connectivity index (χ1) is 11.5. The third-order valence-corrected chi connectivity index (χ3v) is 3.88. The smallest absolute Gasteiger partial charge is 0.265 e. The number of rotatable bonds is 4. The van der Waals surface area contributed by atoms with E-state index in [4.69, 9.17) is 4.74 Å². The number of aryl methyl sites for hydroxylation is 2. The van der Waals surface area contributed by atoms with E-state index in [-0.39, 0.29) is 24.8 Å². The van der Waals surface area contributed by atoms with Crippen molar-refractivity contribution in [1.29, 1.82) is 0 Å². The van der Waals surface area contributed by atoms with Crippen molar-refractivity contribution in [2.24, 2.45) is 0 Å². The number of nitrogens with one attached hydrogen (secondary N) is 1. The van der Waals surface area contributed by atoms with Crippen LogP contribution in [0.3, 0.4) is 0 Å². The normalized spacial score (nSPS) is 13.2. The average Bonchev–Trinajstić information content (AvgIpc) is 2.53. The number of hydrogen-bond acceptors (Lipinski definition) is 3. The number of anilines is 2. The Morgan fingerprint density at radius 1 is 1.17 bits per heavy atom. The highest BCUT2D eigenvalue weighted by Crippen LogP contribution is 2.31. The zero-order chi connectivity index (χ0) is 17.1. The Kier molecular flexibility index (Phi) is 4.51. The molecule has 2 aromatic rings. The molecule has 5 heteroatoms. The molecule has 0 aromatic heterocycles. The van der Waals surface area contributed by atoms with Crippen LogP contribution >= 0.6 is 0 Å². The first kappa shape index (κ1) is 16.1. The van der Waals surface area contributed by atoms with Gasteiger partial charge >= 0.3 is 0 Å². The molecule has 0 spiro atoms. The van der Waals surface area contributed by atoms with Crippen LogP contribution in [0.1, 0.15) is 17.5 Å². The first-order valence-corrected chi connectivity index (χ1v) is 7.93. The summed E-state index contributed by atoms with van der Waals surface area (Å²) in [6.07, 6.45) is 0.229. The molecule has 1 aliphatic heterocycles. The van der Waals surface area contributed by atoms with Crippen molar-refractivity contribution in [1.82, 2.24) is 0 Å². The number of nitrogens with zero attached hydrogens (tertiary/aromatic N) is 1. The van der Waals surface area contributed by atoms with Gasteiger partial charge in [0.05, 0.1) is 5.69 Å². The lowest BCUT2D eigenvalue weighted by Crippen LogP contribution is -2.40. The van der Waals surface area contributed by atoms with Gasteiger partial charge in [0.15, 0.2) is 6.61 Å². The fraction of sp³-hybridized carbons (Fsp3) is 0.263. The van der Waals surface area contributed by atoms with E-state index in [1.165, 1.54) is 0 Å². The number of hydrogen-bond donors (Lipinski definition) is 1. The lowest BCUT2D eigenvalue weighted by molar-refractivity contribution is -0.121. The molecule has 2 amide bonds. The second kappa shape index (κ2) is 6.74. The SMILES string of the molecule is Cc1cc(C)cc(NC(=O)CCN2C(=O)COc3ccccc32)c1. The van der Waals surface area contributed by atoms with Gasteiger partial charge in [0.25, 0.3) is 5.91 Å². The second-order valence-corrected chi connectivity index (χ2v) is 5.98. The lowest BCUT2D eigenvalue weighted by atomic mass is 10.1. The predicted molar refractivity (Wildman–Crippen MR) is 93.5 cm³/mol. The quantitative estimate of drug-likeness (QED) is 0.940. The molecule has 0 fully saturated rings. The number of para-hydroxylation sites is 2. The number of carbonyl (C=O) groups excluding carboxylic acids is 2. The first-order valence-electron chi connectivity index (χ1n) is 7.93. The molecule has 0 saturated heterocycles. The van der Waals surface area contributed by atoms with Crippen LogP contribution in [0.4, 0.5) is 11.4 Å². The minimum atomic E-state index is -0.132. The van der Waals surface area contributed by atoms with E-state index >= 15 is 0 Å². The number of ether oxygens (including phenoxy) is 1. The summed E-state index contributed by atoms with van der Waals surface area (Å²) in [5.74, 6) is 0.427. The number of benzene rings is 2. The summed E-state index contributed by atoms with van der Waals surface area (Å²) in [4.78, 5) is 25.9. The largest absolute Gasteiger partial charge is 0.482 e. The summed E-state index contributed by atoms with van der Waals surface area (Å²) in [5.41, 5.74) is 3.70. The van der Waals surface area contributed by atoms with Crippen molar-refractivity contribution in [3.63, 3.8) is 0 Å². The van der Waals surface area contributed by atoms with Crippen LogP contribution in [0.15, 0.2) is 42.5 Å². The third-order valence-electron chi connectivity index (χ3n) is 3.88. The maximum Gasteiger partial charge on any atom is 0.265 e. The summed E-state index contributed by atoms with van der Waals surface area (Å²) in [6.45, 7) is 4.32. The fourth-order valence-corrected chi connectivity index (χ4v) is 2.88. The zero-order valence-electron chi connectivity index (χ0n) is 13.8. The van der Waals surface area contributed by atoms with Crippen LogP contribution in [-0.2, 0) is 9.59 Å². The molecule has 2 aromatic carbocycles. The van der Waals surface area contributed by atoms with Crippen molar-refractivity contribution >= 4 is 23.2 Å². The van der Waals surface area contributed by atoms with Crippen LogP contribution in [-0.4, -0.2) is 25.0 Å². The maximum absolute atomic E-state index is 12.2. The highest BCUT2D eigenvalue weighted by Gasteiger charge is 2.25. The Bertz CT molecular complexity index is 766. The summed E-state index contributed by atoms with van der Waals surface area (Å²) in [6, 6.07) is 13.3. The third kappa shape index (κ3) is 3.56. The Hall–Kier alpha value is -2.82. The molecule has 0 bridgehead atoms. The van der Waals surface area contributed by atoms with Crippen molar-refractivity contribution in [2.75, 3.05) is 23.4 Å². The van der Waals surface area contributed by atoms with E-state index in [9.17, 15) is 9.59 Å². The molecular weight excluding hydrogens is 304 g/mol. The zero-order valence-corrected chi connectivity index (χ0v) is 13.8. The van der Waals surface area contributed by atoms with Crippen molar-refractivity contribution in [3.8, 4) is 5.75 Å². The topological polar surface area (TPSA) is 58.6 Å². The van der Waals surface area contributed by atoms with Gasteiger partial charge in [-0.2, -0.15) is 0 Å². The van der Waals surface area contributed by atoms with Gasteiger partial charge in [-0.1, -0.05) is 18.2 Å². The van der Waals surface area contributed by atoms with Crippen LogP contribution in [0.2, 0.25) is 0 Å². The highest BCUT2D eigenvalue weighted by atomic mass is 16.5. The number of carbonyl (C=O) groups is 2. The van der Waals surface area contributed by atoms with E-state index in [1.54, 1.807) is 4.90 Å². The highest BCUT2D eigenvalue weighted by molar-refractivity contribution is 5.99. The lowest BCUT2D eigenvalue weighted by Gasteiger charge is -2.29. The van der Waals surface area contributed by atoms with Crippen LogP contribution < -0.4 is 15.0 Å². The molecule has 1 N–H and O–H groups in total. The van der Waals surface area contributed by atoms with E-state index in [1.807, 2.05) is 50.2 Å². The molecule has 1 aliphatic rings. The summed E-state index contributed by atoms with van der Waals surface area (Å²) in [7, 11) is 0. The van der Waals surface area contributed by atoms with E-state index < -0.39 is 0 Å². The van der Waals surface area contributed by atoms with Gasteiger partial charge in [-0.25, -0.2) is 0 Å². The fourth-order valence-electron chi connectivity index (χ4n) is 2.88. The van der Waals surface area contributed by atoms with Gasteiger partial charge in [0.2, 0.25) is 5.91 Å². The summed E-state index contributed by atoms with van der Waals surface area (Å²) >= 11 is 0. The molecule has 3 rings (SSSR count). The summed E-state index contributed by atoms with van der Waals surface area (Å²) in [5, 5.41) is 2.89. The van der Waals surface area contributed by atoms with E-state index in [0.717, 1.165) is 16.8 Å². The number of amides is 2. The number of fused-ring (bicyclic) bond motifs is 1. The Labute approximate surface area is 141 Å². The molecule has 124 valence electrons. The van der Waals surface area contributed by atoms with Gasteiger partial charge in [-0.05, 0) is 49.2 Å². The van der Waals surface area contributed by atoms with Gasteiger partial charge in [0, 0.05) is 18.7 Å². The average molecular weight is 324 g/mol. The van der Waals surface area contributed by atoms with Gasteiger partial charge in [-0.3, -0.25) is 9.59 Å². The molecule has 0 saturated carbocycles. The van der Waals surface area contributed by atoms with E-state index in [2.05, 4.69) is 11.4 Å². The standard InChI is InChI=1S/C19H20N2O3/c1-13-9-14(2)11-15(10-13)20-18(22)7-8-21-16-5-3-4-6-17(16)24-12-19(21)23/h3-6,9-11H,7-8,12H2,1-2H3,(H,20,22). The van der Waals surface area contributed by atoms with Crippen molar-refractivity contribution in [3.05, 3.63) is 53.6 Å². The Morgan fingerprint density at radius 3 is 2.62 bits per heavy atom. The molecule has 0 unspecified atom stereocenters. The molecule has 5 nitrogen and oxygen atoms in total. The molecular formula is C19H20N2O3.